The summed E-state index contributed by atoms with van der Waals surface area (Å²) in [6.07, 6.45) is 0.943. The number of rotatable bonds is 5. The molecular formula is C9H16N4O2. The highest BCUT2D eigenvalue weighted by Crippen LogP contribution is 2.23. The molecule has 0 atom stereocenters. The van der Waals surface area contributed by atoms with Crippen molar-refractivity contribution in [1.29, 1.82) is 0 Å². The first-order valence-electron chi connectivity index (χ1n) is 4.96. The van der Waals surface area contributed by atoms with E-state index in [1.807, 2.05) is 13.8 Å². The van der Waals surface area contributed by atoms with Crippen LogP contribution in [0.2, 0.25) is 0 Å². The Kier molecular flexibility index (Phi) is 3.39. The first kappa shape index (κ1) is 11.6. The van der Waals surface area contributed by atoms with Crippen molar-refractivity contribution >= 4 is 5.97 Å². The van der Waals surface area contributed by atoms with Gasteiger partial charge in [0.05, 0.1) is 13.0 Å². The van der Waals surface area contributed by atoms with Gasteiger partial charge in [-0.15, -0.1) is 5.10 Å². The van der Waals surface area contributed by atoms with Gasteiger partial charge in [-0.1, -0.05) is 20.8 Å². The van der Waals surface area contributed by atoms with Crippen molar-refractivity contribution in [3.63, 3.8) is 0 Å². The summed E-state index contributed by atoms with van der Waals surface area (Å²) in [6.45, 7) is 6.45. The molecule has 0 unspecified atom stereocenters. The molecule has 15 heavy (non-hydrogen) atoms. The third kappa shape index (κ3) is 2.74. The molecule has 0 aromatic carbocycles. The summed E-state index contributed by atoms with van der Waals surface area (Å²) in [6, 6.07) is 0. The second kappa shape index (κ2) is 4.37. The van der Waals surface area contributed by atoms with Crippen molar-refractivity contribution in [2.45, 2.75) is 45.6 Å². The third-order valence-electron chi connectivity index (χ3n) is 2.56. The Morgan fingerprint density at radius 1 is 1.53 bits per heavy atom. The van der Waals surface area contributed by atoms with E-state index in [0.29, 0.717) is 6.54 Å². The predicted molar refractivity (Wildman–Crippen MR) is 53.4 cm³/mol. The standard InChI is InChI=1S/C9H16N4O2/c1-4-9(2,3)8-10-11-12-13(8)6-5-7(14)15/h4-6H2,1-3H3,(H,14,15). The number of aryl methyl sites for hydroxylation is 1. The monoisotopic (exact) mass is 212 g/mol. The zero-order chi connectivity index (χ0) is 11.5. The normalized spacial score (nSPS) is 11.7. The molecule has 0 spiro atoms. The number of hydrogen-bond donors (Lipinski definition) is 1. The van der Waals surface area contributed by atoms with Gasteiger partial charge >= 0.3 is 5.97 Å². The van der Waals surface area contributed by atoms with Crippen LogP contribution in [-0.4, -0.2) is 31.3 Å². The topological polar surface area (TPSA) is 80.9 Å². The summed E-state index contributed by atoms with van der Waals surface area (Å²) in [4.78, 5) is 10.4. The Hall–Kier alpha value is -1.46. The van der Waals surface area contributed by atoms with Crippen molar-refractivity contribution < 1.29 is 9.90 Å². The Morgan fingerprint density at radius 2 is 2.20 bits per heavy atom. The molecule has 1 rings (SSSR count). The Balaban J connectivity index is 2.82. The minimum Gasteiger partial charge on any atom is -0.481 e. The van der Waals surface area contributed by atoms with E-state index in [0.717, 1.165) is 12.2 Å². The lowest BCUT2D eigenvalue weighted by atomic mass is 9.89. The largest absolute Gasteiger partial charge is 0.481 e. The van der Waals surface area contributed by atoms with Crippen LogP contribution in [0.4, 0.5) is 0 Å². The molecule has 1 N–H and O–H groups in total. The van der Waals surface area contributed by atoms with E-state index in [-0.39, 0.29) is 11.8 Å². The number of carboxylic acid groups (broad SMARTS) is 1. The lowest BCUT2D eigenvalue weighted by Gasteiger charge is -2.20. The SMILES string of the molecule is CCC(C)(C)c1nnnn1CCC(=O)O. The number of tetrazole rings is 1. The van der Waals surface area contributed by atoms with Crippen LogP contribution < -0.4 is 0 Å². The van der Waals surface area contributed by atoms with Gasteiger partial charge in [0.1, 0.15) is 0 Å². The molecular weight excluding hydrogens is 196 g/mol. The first-order valence-corrected chi connectivity index (χ1v) is 4.96. The van der Waals surface area contributed by atoms with Gasteiger partial charge in [0.25, 0.3) is 0 Å². The Labute approximate surface area is 88.3 Å². The first-order chi connectivity index (χ1) is 6.97. The number of aliphatic carboxylic acids is 1. The van der Waals surface area contributed by atoms with Crippen molar-refractivity contribution in [2.75, 3.05) is 0 Å². The molecule has 0 saturated carbocycles. The molecule has 6 heteroatoms. The summed E-state index contributed by atoms with van der Waals surface area (Å²) in [5.41, 5.74) is -0.123. The lowest BCUT2D eigenvalue weighted by Crippen LogP contribution is -2.23. The van der Waals surface area contributed by atoms with Gasteiger partial charge in [0.15, 0.2) is 5.82 Å². The van der Waals surface area contributed by atoms with Crippen molar-refractivity contribution in [2.24, 2.45) is 0 Å². The Morgan fingerprint density at radius 3 is 2.73 bits per heavy atom. The third-order valence-corrected chi connectivity index (χ3v) is 2.56. The molecule has 0 fully saturated rings. The highest BCUT2D eigenvalue weighted by Gasteiger charge is 2.25. The average molecular weight is 212 g/mol. The molecule has 0 aliphatic carbocycles. The van der Waals surface area contributed by atoms with E-state index in [1.165, 1.54) is 0 Å². The molecule has 6 nitrogen and oxygen atoms in total. The molecule has 84 valence electrons. The van der Waals surface area contributed by atoms with E-state index < -0.39 is 5.97 Å². The maximum Gasteiger partial charge on any atom is 0.305 e. The highest BCUT2D eigenvalue weighted by molar-refractivity contribution is 5.66. The van der Waals surface area contributed by atoms with Crippen LogP contribution in [0.25, 0.3) is 0 Å². The van der Waals surface area contributed by atoms with Crippen LogP contribution in [0.3, 0.4) is 0 Å². The zero-order valence-corrected chi connectivity index (χ0v) is 9.27. The number of carboxylic acids is 1. The molecule has 0 aliphatic heterocycles. The molecule has 1 aromatic rings. The summed E-state index contributed by atoms with van der Waals surface area (Å²) < 4.78 is 1.57. The summed E-state index contributed by atoms with van der Waals surface area (Å²) >= 11 is 0. The molecule has 1 aromatic heterocycles. The fourth-order valence-electron chi connectivity index (χ4n) is 1.20. The minimum atomic E-state index is -0.842. The quantitative estimate of drug-likeness (QED) is 0.782. The fourth-order valence-corrected chi connectivity index (χ4v) is 1.20. The van der Waals surface area contributed by atoms with Crippen LogP contribution in [0, 0.1) is 0 Å². The van der Waals surface area contributed by atoms with Crippen molar-refractivity contribution in [3.8, 4) is 0 Å². The summed E-state index contributed by atoms with van der Waals surface area (Å²) in [7, 11) is 0. The van der Waals surface area contributed by atoms with Crippen LogP contribution in [-0.2, 0) is 16.8 Å². The van der Waals surface area contributed by atoms with E-state index in [4.69, 9.17) is 5.11 Å². The van der Waals surface area contributed by atoms with E-state index >= 15 is 0 Å². The maximum absolute atomic E-state index is 10.4. The van der Waals surface area contributed by atoms with Gasteiger partial charge in [-0.25, -0.2) is 4.68 Å². The maximum atomic E-state index is 10.4. The fraction of sp³-hybridized carbons (Fsp3) is 0.778. The lowest BCUT2D eigenvalue weighted by molar-refractivity contribution is -0.137. The number of hydrogen-bond acceptors (Lipinski definition) is 4. The second-order valence-corrected chi connectivity index (χ2v) is 4.11. The van der Waals surface area contributed by atoms with Crippen LogP contribution in [0.1, 0.15) is 39.4 Å². The molecule has 1 heterocycles. The van der Waals surface area contributed by atoms with Crippen molar-refractivity contribution in [3.05, 3.63) is 5.82 Å². The zero-order valence-electron chi connectivity index (χ0n) is 9.27. The summed E-state index contributed by atoms with van der Waals surface area (Å²) in [5, 5.41) is 19.9. The minimum absolute atomic E-state index is 0.0395. The smallest absolute Gasteiger partial charge is 0.305 e. The Bertz CT molecular complexity index is 346. The molecule has 0 saturated heterocycles. The van der Waals surface area contributed by atoms with Crippen LogP contribution in [0.5, 0.6) is 0 Å². The van der Waals surface area contributed by atoms with Crippen LogP contribution in [0.15, 0.2) is 0 Å². The summed E-state index contributed by atoms with van der Waals surface area (Å²) in [5.74, 6) is -0.1000. The number of nitrogens with zero attached hydrogens (tertiary/aromatic N) is 4. The molecule has 0 bridgehead atoms. The van der Waals surface area contributed by atoms with Gasteiger partial charge in [-0.2, -0.15) is 0 Å². The van der Waals surface area contributed by atoms with Gasteiger partial charge < -0.3 is 5.11 Å². The second-order valence-electron chi connectivity index (χ2n) is 4.11. The highest BCUT2D eigenvalue weighted by atomic mass is 16.4. The van der Waals surface area contributed by atoms with Crippen molar-refractivity contribution in [1.82, 2.24) is 20.2 Å². The van der Waals surface area contributed by atoms with Crippen LogP contribution >= 0.6 is 0 Å². The molecule has 0 amide bonds. The van der Waals surface area contributed by atoms with E-state index in [2.05, 4.69) is 22.4 Å². The predicted octanol–water partition coefficient (Wildman–Crippen LogP) is 0.835. The van der Waals surface area contributed by atoms with Gasteiger partial charge in [0, 0.05) is 5.41 Å². The van der Waals surface area contributed by atoms with Gasteiger partial charge in [-0.05, 0) is 16.8 Å². The average Bonchev–Trinajstić information content (AvgIpc) is 2.63. The van der Waals surface area contributed by atoms with E-state index in [9.17, 15) is 4.79 Å². The van der Waals surface area contributed by atoms with Gasteiger partial charge in [-0.3, -0.25) is 4.79 Å². The van der Waals surface area contributed by atoms with E-state index in [1.54, 1.807) is 4.68 Å². The van der Waals surface area contributed by atoms with Gasteiger partial charge in [0.2, 0.25) is 0 Å². The molecule has 0 radical (unpaired) electrons. The molecule has 0 aliphatic rings. The number of aromatic nitrogens is 4. The number of carbonyl (C=O) groups is 1.